The number of ether oxygens (including phenoxy) is 2. The monoisotopic (exact) mass is 462 g/mol. The summed E-state index contributed by atoms with van der Waals surface area (Å²) in [5.74, 6) is -3.63. The number of aliphatic hydroxyl groups excluding tert-OH is 3. The molecule has 3 aromatic rings. The lowest BCUT2D eigenvalue weighted by molar-refractivity contribution is -0.271. The molecule has 4 rings (SSSR count). The molecule has 12 nitrogen and oxygen atoms in total. The van der Waals surface area contributed by atoms with E-state index in [-0.39, 0.29) is 33.8 Å². The minimum absolute atomic E-state index is 0.0623. The zero-order valence-electron chi connectivity index (χ0n) is 16.5. The molecule has 2 heterocycles. The molecule has 1 aromatic heterocycles. The lowest BCUT2D eigenvalue weighted by Crippen LogP contribution is -2.61. The van der Waals surface area contributed by atoms with E-state index in [1.54, 1.807) is 0 Å². The third-order valence-electron chi connectivity index (χ3n) is 5.12. The zero-order valence-corrected chi connectivity index (χ0v) is 16.5. The molecule has 7 N–H and O–H groups in total. The molecule has 0 aliphatic carbocycles. The summed E-state index contributed by atoms with van der Waals surface area (Å²) in [5, 5.41) is 68.5. The molecular weight excluding hydrogens is 444 g/mol. The molecule has 1 aliphatic heterocycles. The van der Waals surface area contributed by atoms with Crippen molar-refractivity contribution in [3.63, 3.8) is 0 Å². The number of carboxylic acids is 1. The Morgan fingerprint density at radius 2 is 1.61 bits per heavy atom. The first-order valence-electron chi connectivity index (χ1n) is 9.49. The Kier molecular flexibility index (Phi) is 5.59. The van der Waals surface area contributed by atoms with E-state index in [0.29, 0.717) is 0 Å². The minimum Gasteiger partial charge on any atom is -0.508 e. The Balaban J connectivity index is 1.75. The van der Waals surface area contributed by atoms with E-state index in [2.05, 4.69) is 0 Å². The molecule has 2 aromatic carbocycles. The van der Waals surface area contributed by atoms with Gasteiger partial charge in [0.05, 0.1) is 0 Å². The van der Waals surface area contributed by atoms with Gasteiger partial charge in [-0.15, -0.1) is 0 Å². The second kappa shape index (κ2) is 8.26. The van der Waals surface area contributed by atoms with Crippen molar-refractivity contribution < 1.29 is 54.4 Å². The van der Waals surface area contributed by atoms with Gasteiger partial charge in [-0.25, -0.2) is 4.79 Å². The Morgan fingerprint density at radius 1 is 0.939 bits per heavy atom. The number of carbonyl (C=O) groups is 1. The van der Waals surface area contributed by atoms with Crippen LogP contribution in [0.15, 0.2) is 45.6 Å². The number of rotatable bonds is 4. The average molecular weight is 462 g/mol. The van der Waals surface area contributed by atoms with Crippen molar-refractivity contribution in [1.82, 2.24) is 0 Å². The molecule has 0 saturated carbocycles. The van der Waals surface area contributed by atoms with Gasteiger partial charge in [-0.05, 0) is 24.3 Å². The molecular formula is C21H18O12. The van der Waals surface area contributed by atoms with Crippen LogP contribution in [0.25, 0.3) is 22.3 Å². The fourth-order valence-corrected chi connectivity index (χ4v) is 3.42. The number of benzene rings is 2. The fourth-order valence-electron chi connectivity index (χ4n) is 3.42. The molecule has 174 valence electrons. The van der Waals surface area contributed by atoms with Crippen molar-refractivity contribution in [3.8, 4) is 34.3 Å². The highest BCUT2D eigenvalue weighted by Crippen LogP contribution is 2.36. The van der Waals surface area contributed by atoms with Crippen LogP contribution in [0.4, 0.5) is 0 Å². The maximum Gasteiger partial charge on any atom is 0.335 e. The van der Waals surface area contributed by atoms with E-state index >= 15 is 0 Å². The molecule has 33 heavy (non-hydrogen) atoms. The summed E-state index contributed by atoms with van der Waals surface area (Å²) in [5.41, 5.74) is -0.957. The third-order valence-corrected chi connectivity index (χ3v) is 5.12. The van der Waals surface area contributed by atoms with Gasteiger partial charge >= 0.3 is 5.97 Å². The molecule has 0 radical (unpaired) electrons. The quantitative estimate of drug-likeness (QED) is 0.270. The molecule has 12 heteroatoms. The Labute approximate surface area is 183 Å². The van der Waals surface area contributed by atoms with E-state index in [4.69, 9.17) is 19.0 Å². The molecule has 5 atom stereocenters. The van der Waals surface area contributed by atoms with Crippen LogP contribution in [-0.4, -0.2) is 72.4 Å². The number of carboxylic acid groups (broad SMARTS) is 1. The van der Waals surface area contributed by atoms with Crippen LogP contribution in [0.3, 0.4) is 0 Å². The predicted molar refractivity (Wildman–Crippen MR) is 108 cm³/mol. The number of phenols is 2. The van der Waals surface area contributed by atoms with Crippen molar-refractivity contribution in [3.05, 3.63) is 46.6 Å². The highest BCUT2D eigenvalue weighted by Gasteiger charge is 2.48. The Morgan fingerprint density at radius 3 is 2.24 bits per heavy atom. The Bertz CT molecular complexity index is 1260. The summed E-state index contributed by atoms with van der Waals surface area (Å²) in [7, 11) is 0. The predicted octanol–water partition coefficient (Wildman–Crippen LogP) is -0.152. The van der Waals surface area contributed by atoms with Crippen LogP contribution >= 0.6 is 0 Å². The SMILES string of the molecule is O=C(O)C1OC(Oc2cc(O)c3c(=O)c(O)c(-c4ccc(O)cc4)oc3c2)C(O)C(O)C1O. The van der Waals surface area contributed by atoms with Crippen LogP contribution in [-0.2, 0) is 9.53 Å². The van der Waals surface area contributed by atoms with Crippen LogP contribution in [0.2, 0.25) is 0 Å². The van der Waals surface area contributed by atoms with Crippen LogP contribution in [0.5, 0.6) is 23.0 Å². The van der Waals surface area contributed by atoms with Crippen LogP contribution in [0.1, 0.15) is 0 Å². The van der Waals surface area contributed by atoms with Gasteiger partial charge in [-0.3, -0.25) is 4.79 Å². The second-order valence-corrected chi connectivity index (χ2v) is 7.32. The van der Waals surface area contributed by atoms with Gasteiger partial charge in [0.1, 0.15) is 46.5 Å². The number of fused-ring (bicyclic) bond motifs is 1. The molecule has 1 saturated heterocycles. The molecule has 0 amide bonds. The van der Waals surface area contributed by atoms with Crippen LogP contribution < -0.4 is 10.2 Å². The van der Waals surface area contributed by atoms with E-state index in [1.807, 2.05) is 0 Å². The highest BCUT2D eigenvalue weighted by atomic mass is 16.7. The van der Waals surface area contributed by atoms with E-state index in [9.17, 15) is 40.2 Å². The molecule has 0 spiro atoms. The van der Waals surface area contributed by atoms with Crippen LogP contribution in [0, 0.1) is 0 Å². The highest BCUT2D eigenvalue weighted by molar-refractivity contribution is 5.88. The third kappa shape index (κ3) is 3.91. The van der Waals surface area contributed by atoms with Crippen molar-refractivity contribution in [2.24, 2.45) is 0 Å². The molecule has 0 bridgehead atoms. The molecule has 1 fully saturated rings. The lowest BCUT2D eigenvalue weighted by Gasteiger charge is -2.38. The van der Waals surface area contributed by atoms with E-state index in [1.165, 1.54) is 24.3 Å². The zero-order chi connectivity index (χ0) is 24.0. The van der Waals surface area contributed by atoms with E-state index < -0.39 is 53.6 Å². The standard InChI is InChI=1S/C21H18O12/c22-8-3-1-7(2-4-8)18-15(26)13(24)12-10(23)5-9(6-11(12)32-18)31-21-17(28)14(25)16(27)19(33-21)20(29)30/h1-6,14,16-17,19,21-23,25-28H,(H,29,30). The number of aromatic hydroxyl groups is 3. The first-order valence-corrected chi connectivity index (χ1v) is 9.49. The van der Waals surface area contributed by atoms with Gasteiger partial charge in [0, 0.05) is 17.7 Å². The smallest absolute Gasteiger partial charge is 0.335 e. The van der Waals surface area contributed by atoms with Crippen molar-refractivity contribution in [1.29, 1.82) is 0 Å². The number of hydrogen-bond donors (Lipinski definition) is 7. The van der Waals surface area contributed by atoms with Crippen molar-refractivity contribution >= 4 is 16.9 Å². The summed E-state index contributed by atoms with van der Waals surface area (Å²) in [4.78, 5) is 23.9. The first kappa shape index (κ1) is 22.4. The van der Waals surface area contributed by atoms with Gasteiger partial charge in [0.15, 0.2) is 11.9 Å². The van der Waals surface area contributed by atoms with Gasteiger partial charge in [-0.2, -0.15) is 0 Å². The van der Waals surface area contributed by atoms with E-state index in [0.717, 1.165) is 12.1 Å². The maximum absolute atomic E-state index is 12.6. The second-order valence-electron chi connectivity index (χ2n) is 7.32. The maximum atomic E-state index is 12.6. The minimum atomic E-state index is -1.92. The topological polar surface area (TPSA) is 207 Å². The van der Waals surface area contributed by atoms with Gasteiger partial charge in [0.2, 0.25) is 17.5 Å². The summed E-state index contributed by atoms with van der Waals surface area (Å²) in [6.07, 6.45) is -9.35. The first-order chi connectivity index (χ1) is 15.6. The van der Waals surface area contributed by atoms with Crippen molar-refractivity contribution in [2.75, 3.05) is 0 Å². The normalized spacial score (nSPS) is 25.1. The summed E-state index contributed by atoms with van der Waals surface area (Å²) >= 11 is 0. The molecule has 5 unspecified atom stereocenters. The van der Waals surface area contributed by atoms with Gasteiger partial charge in [0.25, 0.3) is 0 Å². The summed E-state index contributed by atoms with van der Waals surface area (Å²) in [6.45, 7) is 0. The summed E-state index contributed by atoms with van der Waals surface area (Å²) in [6, 6.07) is 7.41. The van der Waals surface area contributed by atoms with Gasteiger partial charge < -0.3 is 49.6 Å². The van der Waals surface area contributed by atoms with Gasteiger partial charge in [-0.1, -0.05) is 0 Å². The fraction of sp³-hybridized carbons (Fsp3) is 0.238. The molecule has 1 aliphatic rings. The Hall–Kier alpha value is -3.84. The largest absolute Gasteiger partial charge is 0.508 e. The lowest BCUT2D eigenvalue weighted by atomic mass is 9.99. The number of aliphatic carboxylic acids is 1. The van der Waals surface area contributed by atoms with Crippen molar-refractivity contribution in [2.45, 2.75) is 30.7 Å². The average Bonchev–Trinajstić information content (AvgIpc) is 2.76. The number of phenolic OH excluding ortho intramolecular Hbond substituents is 2. The number of hydrogen-bond acceptors (Lipinski definition) is 11. The number of aliphatic hydroxyl groups is 3. The summed E-state index contributed by atoms with van der Waals surface area (Å²) < 4.78 is 16.0.